The van der Waals surface area contributed by atoms with Crippen LogP contribution in [-0.4, -0.2) is 81.8 Å². The molecule has 0 N–H and O–H groups in total. The van der Waals surface area contributed by atoms with Gasteiger partial charge in [-0.1, -0.05) is 11.6 Å². The second-order valence-corrected chi connectivity index (χ2v) is 9.99. The molecule has 0 unspecified atom stereocenters. The summed E-state index contributed by atoms with van der Waals surface area (Å²) in [6, 6.07) is 3.17. The predicted molar refractivity (Wildman–Crippen MR) is 134 cm³/mol. The molecule has 2 saturated heterocycles. The Balaban J connectivity index is 1.29. The molecule has 2 fully saturated rings. The molecule has 10 nitrogen and oxygen atoms in total. The minimum Gasteiger partial charge on any atom is -0.495 e. The number of hydrogen-bond donors (Lipinski definition) is 0. The van der Waals surface area contributed by atoms with Crippen LogP contribution in [0.3, 0.4) is 0 Å². The van der Waals surface area contributed by atoms with Gasteiger partial charge in [-0.05, 0) is 37.7 Å². The maximum atomic E-state index is 13.5. The van der Waals surface area contributed by atoms with Gasteiger partial charge in [0, 0.05) is 51.1 Å². The predicted octanol–water partition coefficient (Wildman–Crippen LogP) is 3.11. The minimum atomic E-state index is -0.0886. The Morgan fingerprint density at radius 1 is 1.03 bits per heavy atom. The first-order valence-electron chi connectivity index (χ1n) is 11.9. The van der Waals surface area contributed by atoms with E-state index in [9.17, 15) is 9.59 Å². The van der Waals surface area contributed by atoms with Gasteiger partial charge in [0.15, 0.2) is 5.65 Å². The third-order valence-corrected chi connectivity index (χ3v) is 7.67. The maximum Gasteiger partial charge on any atom is 0.259 e. The van der Waals surface area contributed by atoms with Crippen molar-refractivity contribution >= 4 is 34.4 Å². The lowest BCUT2D eigenvalue weighted by molar-refractivity contribution is 0.0564. The fourth-order valence-electron chi connectivity index (χ4n) is 5.50. The van der Waals surface area contributed by atoms with E-state index in [1.807, 2.05) is 23.8 Å². The Kier molecular flexibility index (Phi) is 6.23. The number of carbonyl (C=O) groups excluding carboxylic acids is 2. The number of amides is 2. The Morgan fingerprint density at radius 3 is 2.39 bits per heavy atom. The molecule has 3 aromatic rings. The topological polar surface area (TPSA) is 103 Å². The Hall–Kier alpha value is -3.40. The monoisotopic (exact) mass is 512 g/mol. The SMILES string of the molecule is COc1cc(C(=O)N2CCC3(CC2)CCN(C(=O)c2cnc4c(c(C)nn4C)c2OC)C3)cc(Cl)n1. The van der Waals surface area contributed by atoms with Crippen molar-refractivity contribution in [1.82, 2.24) is 29.5 Å². The van der Waals surface area contributed by atoms with E-state index in [1.54, 1.807) is 30.1 Å². The van der Waals surface area contributed by atoms with E-state index in [4.69, 9.17) is 21.1 Å². The van der Waals surface area contributed by atoms with Crippen LogP contribution >= 0.6 is 11.6 Å². The first-order chi connectivity index (χ1) is 17.2. The normalized spacial score (nSPS) is 17.1. The summed E-state index contributed by atoms with van der Waals surface area (Å²) in [4.78, 5) is 38.9. The second kappa shape index (κ2) is 9.24. The Bertz CT molecular complexity index is 1350. The third-order valence-electron chi connectivity index (χ3n) is 7.48. The molecule has 0 atom stereocenters. The number of halogens is 1. The van der Waals surface area contributed by atoms with Crippen LogP contribution in [0.15, 0.2) is 18.3 Å². The lowest BCUT2D eigenvalue weighted by Crippen LogP contribution is -2.44. The Morgan fingerprint density at radius 2 is 1.72 bits per heavy atom. The first-order valence-corrected chi connectivity index (χ1v) is 12.3. The lowest BCUT2D eigenvalue weighted by Gasteiger charge is -2.39. The average molecular weight is 513 g/mol. The molecule has 190 valence electrons. The number of rotatable bonds is 4. The molecule has 0 saturated carbocycles. The molecule has 0 aliphatic carbocycles. The van der Waals surface area contributed by atoms with Crippen LogP contribution in [0.4, 0.5) is 0 Å². The molecule has 2 aliphatic rings. The molecule has 36 heavy (non-hydrogen) atoms. The van der Waals surface area contributed by atoms with Gasteiger partial charge >= 0.3 is 0 Å². The number of piperidine rings is 1. The molecule has 5 heterocycles. The van der Waals surface area contributed by atoms with E-state index >= 15 is 0 Å². The maximum absolute atomic E-state index is 13.5. The number of aromatic nitrogens is 4. The number of hydrogen-bond acceptors (Lipinski definition) is 7. The molecule has 3 aromatic heterocycles. The van der Waals surface area contributed by atoms with Crippen molar-refractivity contribution in [3.63, 3.8) is 0 Å². The lowest BCUT2D eigenvalue weighted by atomic mass is 9.77. The smallest absolute Gasteiger partial charge is 0.259 e. The fourth-order valence-corrected chi connectivity index (χ4v) is 5.70. The van der Waals surface area contributed by atoms with Crippen molar-refractivity contribution in [3.8, 4) is 11.6 Å². The van der Waals surface area contributed by atoms with Gasteiger partial charge in [0.2, 0.25) is 5.88 Å². The molecule has 5 rings (SSSR count). The molecule has 11 heteroatoms. The molecule has 0 bridgehead atoms. The van der Waals surface area contributed by atoms with Crippen molar-refractivity contribution in [2.24, 2.45) is 12.5 Å². The molecular formula is C25H29ClN6O4. The van der Waals surface area contributed by atoms with Gasteiger partial charge in [0.25, 0.3) is 11.8 Å². The van der Waals surface area contributed by atoms with Crippen LogP contribution < -0.4 is 9.47 Å². The van der Waals surface area contributed by atoms with Gasteiger partial charge in [-0.15, -0.1) is 0 Å². The number of ether oxygens (including phenoxy) is 2. The third kappa shape index (κ3) is 4.13. The van der Waals surface area contributed by atoms with E-state index in [0.717, 1.165) is 30.3 Å². The summed E-state index contributed by atoms with van der Waals surface area (Å²) in [6.07, 6.45) is 4.15. The average Bonchev–Trinajstić information content (AvgIpc) is 3.42. The van der Waals surface area contributed by atoms with Crippen LogP contribution in [0.25, 0.3) is 11.0 Å². The summed E-state index contributed by atoms with van der Waals surface area (Å²) >= 11 is 6.05. The summed E-state index contributed by atoms with van der Waals surface area (Å²) in [5, 5.41) is 5.41. The number of aryl methyl sites for hydroxylation is 2. The highest BCUT2D eigenvalue weighted by Crippen LogP contribution is 2.42. The standard InChI is InChI=1S/C25H29ClN6O4/c1-15-20-21(36-4)17(13-27-22(20)30(2)29-15)24(34)32-10-7-25(14-32)5-8-31(9-6-25)23(33)16-11-18(26)28-19(12-16)35-3/h11-13H,5-10,14H2,1-4H3. The van der Waals surface area contributed by atoms with Crippen molar-refractivity contribution in [2.45, 2.75) is 26.2 Å². The van der Waals surface area contributed by atoms with Crippen molar-refractivity contribution in [2.75, 3.05) is 40.4 Å². The van der Waals surface area contributed by atoms with E-state index < -0.39 is 0 Å². The van der Waals surface area contributed by atoms with E-state index in [0.29, 0.717) is 54.6 Å². The van der Waals surface area contributed by atoms with Gasteiger partial charge in [0.1, 0.15) is 16.5 Å². The van der Waals surface area contributed by atoms with Crippen LogP contribution in [0.1, 0.15) is 45.7 Å². The summed E-state index contributed by atoms with van der Waals surface area (Å²) in [7, 11) is 4.89. The van der Waals surface area contributed by atoms with Gasteiger partial charge in [-0.3, -0.25) is 14.3 Å². The number of pyridine rings is 2. The van der Waals surface area contributed by atoms with E-state index in [1.165, 1.54) is 7.11 Å². The zero-order valence-electron chi connectivity index (χ0n) is 20.9. The van der Waals surface area contributed by atoms with Gasteiger partial charge in [-0.25, -0.2) is 9.97 Å². The van der Waals surface area contributed by atoms with Crippen LogP contribution in [0, 0.1) is 12.3 Å². The molecular weight excluding hydrogens is 484 g/mol. The number of carbonyl (C=O) groups is 2. The second-order valence-electron chi connectivity index (χ2n) is 9.60. The van der Waals surface area contributed by atoms with Gasteiger partial charge < -0.3 is 19.3 Å². The number of methoxy groups -OCH3 is 2. The molecule has 2 amide bonds. The molecule has 1 spiro atoms. The zero-order valence-corrected chi connectivity index (χ0v) is 21.6. The van der Waals surface area contributed by atoms with E-state index in [-0.39, 0.29) is 22.4 Å². The summed E-state index contributed by atoms with van der Waals surface area (Å²) < 4.78 is 12.5. The molecule has 2 aliphatic heterocycles. The summed E-state index contributed by atoms with van der Waals surface area (Å²) in [6.45, 7) is 4.44. The summed E-state index contributed by atoms with van der Waals surface area (Å²) in [5.41, 5.74) is 2.37. The fraction of sp³-hybridized carbons (Fsp3) is 0.480. The highest BCUT2D eigenvalue weighted by molar-refractivity contribution is 6.29. The Labute approximate surface area is 214 Å². The summed E-state index contributed by atoms with van der Waals surface area (Å²) in [5.74, 6) is 0.657. The molecule has 0 radical (unpaired) electrons. The highest BCUT2D eigenvalue weighted by Gasteiger charge is 2.43. The van der Waals surface area contributed by atoms with Gasteiger partial charge in [-0.2, -0.15) is 5.10 Å². The highest BCUT2D eigenvalue weighted by atomic mass is 35.5. The van der Waals surface area contributed by atoms with Crippen molar-refractivity contribution in [3.05, 3.63) is 40.3 Å². The van der Waals surface area contributed by atoms with Crippen LogP contribution in [0.2, 0.25) is 5.15 Å². The zero-order chi connectivity index (χ0) is 25.6. The van der Waals surface area contributed by atoms with E-state index in [2.05, 4.69) is 15.1 Å². The largest absolute Gasteiger partial charge is 0.495 e. The van der Waals surface area contributed by atoms with Crippen LogP contribution in [-0.2, 0) is 7.05 Å². The molecule has 0 aromatic carbocycles. The minimum absolute atomic E-state index is 0.00496. The number of likely N-dealkylation sites (tertiary alicyclic amines) is 2. The number of nitrogens with zero attached hydrogens (tertiary/aromatic N) is 6. The number of fused-ring (bicyclic) bond motifs is 1. The first kappa shape index (κ1) is 24.3. The van der Waals surface area contributed by atoms with Crippen molar-refractivity contribution < 1.29 is 19.1 Å². The van der Waals surface area contributed by atoms with Crippen molar-refractivity contribution in [1.29, 1.82) is 0 Å². The van der Waals surface area contributed by atoms with Crippen LogP contribution in [0.5, 0.6) is 11.6 Å². The van der Waals surface area contributed by atoms with Gasteiger partial charge in [0.05, 0.1) is 25.3 Å². The quantitative estimate of drug-likeness (QED) is 0.495.